The maximum atomic E-state index is 6.63. The van der Waals surface area contributed by atoms with Crippen LogP contribution in [0.25, 0.3) is 65.8 Å². The molecule has 0 saturated carbocycles. The van der Waals surface area contributed by atoms with Gasteiger partial charge in [0.2, 0.25) is 0 Å². The molecule has 40 heavy (non-hydrogen) atoms. The van der Waals surface area contributed by atoms with Crippen molar-refractivity contribution in [2.45, 2.75) is 0 Å². The number of hydrogen-bond donors (Lipinski definition) is 0. The van der Waals surface area contributed by atoms with Gasteiger partial charge in [0.25, 0.3) is 0 Å². The van der Waals surface area contributed by atoms with Gasteiger partial charge in [0, 0.05) is 0 Å². The molecule has 0 saturated heterocycles. The van der Waals surface area contributed by atoms with E-state index in [1.54, 1.807) is 0 Å². The van der Waals surface area contributed by atoms with Gasteiger partial charge in [-0.05, 0) is 0 Å². The van der Waals surface area contributed by atoms with Crippen LogP contribution in [0.4, 0.5) is 0 Å². The van der Waals surface area contributed by atoms with Crippen LogP contribution in [0.2, 0.25) is 0 Å². The van der Waals surface area contributed by atoms with Crippen LogP contribution in [0.1, 0.15) is 0 Å². The van der Waals surface area contributed by atoms with Gasteiger partial charge in [-0.25, -0.2) is 0 Å². The van der Waals surface area contributed by atoms with Gasteiger partial charge in [0.05, 0.1) is 0 Å². The molecule has 0 unspecified atom stereocenters. The summed E-state index contributed by atoms with van der Waals surface area (Å²) >= 11 is -2.86. The molecular weight excluding hydrogens is 602 g/mol. The summed E-state index contributed by atoms with van der Waals surface area (Å²) in [5.74, 6) is 0. The summed E-state index contributed by atoms with van der Waals surface area (Å²) in [5, 5.41) is 6.87. The predicted molar refractivity (Wildman–Crippen MR) is 166 cm³/mol. The third-order valence-electron chi connectivity index (χ3n) is 7.87. The van der Waals surface area contributed by atoms with Crippen molar-refractivity contribution >= 4 is 96.6 Å². The van der Waals surface area contributed by atoms with Crippen LogP contribution < -0.4 is 10.5 Å². The first-order valence-corrected chi connectivity index (χ1v) is 17.2. The van der Waals surface area contributed by atoms with E-state index < -0.39 is 20.2 Å². The number of para-hydroxylation sites is 6. The zero-order chi connectivity index (χ0) is 26.2. The summed E-state index contributed by atoms with van der Waals surface area (Å²) in [4.78, 5) is 0. The number of fused-ring (bicyclic) bond motifs is 9. The number of furan rings is 3. The monoisotopic (exact) mass is 622 g/mol. The molecule has 9 rings (SSSR count). The van der Waals surface area contributed by atoms with Gasteiger partial charge in [0.15, 0.2) is 0 Å². The number of benzene rings is 6. The summed E-state index contributed by atoms with van der Waals surface area (Å²) in [6, 6.07) is 44.8. The first-order chi connectivity index (χ1) is 19.8. The zero-order valence-electron chi connectivity index (χ0n) is 21.3. The molecule has 4 heteroatoms. The molecule has 0 fully saturated rings. The van der Waals surface area contributed by atoms with Crippen LogP contribution in [0.15, 0.2) is 141 Å². The molecule has 0 amide bonds. The van der Waals surface area contributed by atoms with Gasteiger partial charge in [0.1, 0.15) is 0 Å². The Balaban J connectivity index is 1.43. The average molecular weight is 623 g/mol. The van der Waals surface area contributed by atoms with Gasteiger partial charge < -0.3 is 0 Å². The van der Waals surface area contributed by atoms with E-state index in [4.69, 9.17) is 13.3 Å². The first kappa shape index (κ1) is 22.4. The molecule has 3 aromatic heterocycles. The van der Waals surface area contributed by atoms with Crippen LogP contribution in [0.5, 0.6) is 0 Å². The van der Waals surface area contributed by atoms with E-state index in [-0.39, 0.29) is 0 Å². The zero-order valence-corrected chi connectivity index (χ0v) is 23.8. The molecule has 0 atom stereocenters. The minimum absolute atomic E-state index is 0.911. The van der Waals surface area contributed by atoms with Crippen molar-refractivity contribution in [3.8, 4) is 0 Å². The molecule has 0 aliphatic heterocycles. The van der Waals surface area contributed by atoms with Crippen LogP contribution in [-0.2, 0) is 0 Å². The fourth-order valence-corrected chi connectivity index (χ4v) is 13.5. The Kier molecular flexibility index (Phi) is 4.76. The second-order valence-electron chi connectivity index (χ2n) is 10.1. The molecule has 0 aliphatic carbocycles. The van der Waals surface area contributed by atoms with Crippen molar-refractivity contribution in [1.29, 1.82) is 0 Å². The average Bonchev–Trinajstić information content (AvgIpc) is 3.70. The molecule has 0 radical (unpaired) electrons. The Labute approximate surface area is 236 Å². The third kappa shape index (κ3) is 3.13. The van der Waals surface area contributed by atoms with Crippen LogP contribution >= 0.6 is 0 Å². The van der Waals surface area contributed by atoms with E-state index in [1.807, 2.05) is 18.2 Å². The number of rotatable bonds is 3. The molecule has 3 heterocycles. The third-order valence-corrected chi connectivity index (χ3v) is 15.0. The molecule has 0 bridgehead atoms. The van der Waals surface area contributed by atoms with Crippen LogP contribution in [0, 0.1) is 0 Å². The minimum atomic E-state index is -2.86. The maximum absolute atomic E-state index is 6.63. The molecule has 188 valence electrons. The van der Waals surface area contributed by atoms with Gasteiger partial charge in [-0.3, -0.25) is 0 Å². The van der Waals surface area contributed by atoms with E-state index in [0.29, 0.717) is 0 Å². The Bertz CT molecular complexity index is 2130. The van der Waals surface area contributed by atoms with E-state index in [9.17, 15) is 0 Å². The summed E-state index contributed by atoms with van der Waals surface area (Å²) in [6.45, 7) is 0. The predicted octanol–water partition coefficient (Wildman–Crippen LogP) is 7.90. The van der Waals surface area contributed by atoms with Crippen LogP contribution in [-0.4, -0.2) is 20.2 Å². The summed E-state index contributed by atoms with van der Waals surface area (Å²) in [7, 11) is 0. The van der Waals surface area contributed by atoms with Gasteiger partial charge >= 0.3 is 237 Å². The molecular formula is C36H21O3Sb. The molecule has 6 aromatic carbocycles. The second kappa shape index (κ2) is 8.52. The van der Waals surface area contributed by atoms with Crippen molar-refractivity contribution in [2.24, 2.45) is 0 Å². The van der Waals surface area contributed by atoms with Gasteiger partial charge in [-0.2, -0.15) is 0 Å². The molecule has 9 aromatic rings. The van der Waals surface area contributed by atoms with Gasteiger partial charge in [-0.15, -0.1) is 0 Å². The molecule has 0 spiro atoms. The van der Waals surface area contributed by atoms with Crippen molar-refractivity contribution in [2.75, 3.05) is 0 Å². The Hall–Kier alpha value is -4.46. The fraction of sp³-hybridized carbons (Fsp3) is 0. The normalized spacial score (nSPS) is 12.2. The Morgan fingerprint density at radius 3 is 0.950 bits per heavy atom. The van der Waals surface area contributed by atoms with Crippen molar-refractivity contribution in [3.63, 3.8) is 0 Å². The Morgan fingerprint density at radius 2 is 0.600 bits per heavy atom. The van der Waals surface area contributed by atoms with E-state index >= 15 is 0 Å². The Morgan fingerprint density at radius 1 is 0.300 bits per heavy atom. The van der Waals surface area contributed by atoms with Crippen molar-refractivity contribution in [1.82, 2.24) is 0 Å². The first-order valence-electron chi connectivity index (χ1n) is 13.4. The molecule has 0 N–H and O–H groups in total. The van der Waals surface area contributed by atoms with E-state index in [0.717, 1.165) is 65.8 Å². The quantitative estimate of drug-likeness (QED) is 0.188. The summed E-state index contributed by atoms with van der Waals surface area (Å²) < 4.78 is 23.7. The van der Waals surface area contributed by atoms with Gasteiger partial charge in [-0.1, -0.05) is 0 Å². The molecule has 3 nitrogen and oxygen atoms in total. The van der Waals surface area contributed by atoms with Crippen LogP contribution in [0.3, 0.4) is 0 Å². The van der Waals surface area contributed by atoms with Crippen molar-refractivity contribution in [3.05, 3.63) is 127 Å². The van der Waals surface area contributed by atoms with Crippen molar-refractivity contribution < 1.29 is 13.3 Å². The van der Waals surface area contributed by atoms with E-state index in [1.165, 1.54) is 10.5 Å². The second-order valence-corrected chi connectivity index (χ2v) is 16.1. The summed E-state index contributed by atoms with van der Waals surface area (Å²) in [6.07, 6.45) is 0. The standard InChI is InChI=1S/3C12H7O.Sb/c3*1-3-7-11-9(5-1)10-6-2-4-8-12(10)13-11;/h3*1-7H;. The molecule has 0 aliphatic rings. The number of hydrogen-bond acceptors (Lipinski definition) is 3. The summed E-state index contributed by atoms with van der Waals surface area (Å²) in [5.41, 5.74) is 5.63. The van der Waals surface area contributed by atoms with E-state index in [2.05, 4.69) is 109 Å². The fourth-order valence-electron chi connectivity index (χ4n) is 6.11. The topological polar surface area (TPSA) is 39.4 Å². The SMILES string of the molecule is c1ccc2c(c1)oc1[c]([Sb]([c]3cccc4c3oc3ccccc34)[c]3cccc4c3oc3ccccc34)cccc12.